The lowest BCUT2D eigenvalue weighted by molar-refractivity contribution is 0.591. The monoisotopic (exact) mass is 279 g/mol. The number of para-hydroxylation sites is 1. The second kappa shape index (κ2) is 5.24. The molecular formula is C18H21N3. The zero-order valence-electron chi connectivity index (χ0n) is 12.8. The van der Waals surface area contributed by atoms with Gasteiger partial charge in [-0.1, -0.05) is 39.0 Å². The summed E-state index contributed by atoms with van der Waals surface area (Å²) in [5.74, 6) is 0. The number of nitrogens with zero attached hydrogens (tertiary/aromatic N) is 1. The number of fused-ring (bicyclic) bond motifs is 1. The highest BCUT2D eigenvalue weighted by Crippen LogP contribution is 2.29. The Morgan fingerprint density at radius 3 is 2.71 bits per heavy atom. The van der Waals surface area contributed by atoms with Gasteiger partial charge in [0.2, 0.25) is 0 Å². The summed E-state index contributed by atoms with van der Waals surface area (Å²) < 4.78 is 0. The Bertz CT molecular complexity index is 750. The van der Waals surface area contributed by atoms with Crippen LogP contribution in [0.25, 0.3) is 11.0 Å². The van der Waals surface area contributed by atoms with Crippen molar-refractivity contribution in [3.05, 3.63) is 59.9 Å². The third-order valence-electron chi connectivity index (χ3n) is 3.74. The molecule has 0 saturated carbocycles. The summed E-state index contributed by atoms with van der Waals surface area (Å²) in [6.45, 7) is 7.51. The van der Waals surface area contributed by atoms with Gasteiger partial charge in [0, 0.05) is 30.0 Å². The van der Waals surface area contributed by atoms with Gasteiger partial charge < -0.3 is 10.3 Å². The zero-order chi connectivity index (χ0) is 14.9. The Hall–Kier alpha value is -2.29. The normalized spacial score (nSPS) is 11.8. The molecular weight excluding hydrogens is 258 g/mol. The molecule has 0 saturated heterocycles. The van der Waals surface area contributed by atoms with Crippen LogP contribution in [0.1, 0.15) is 31.9 Å². The van der Waals surface area contributed by atoms with Crippen molar-refractivity contribution in [2.45, 2.75) is 32.7 Å². The molecule has 1 aromatic carbocycles. The third-order valence-corrected chi connectivity index (χ3v) is 3.74. The molecule has 0 aliphatic heterocycles. The number of hydrogen-bond donors (Lipinski definition) is 2. The third kappa shape index (κ3) is 2.77. The molecule has 0 amide bonds. The summed E-state index contributed by atoms with van der Waals surface area (Å²) >= 11 is 0. The molecule has 0 aliphatic rings. The molecule has 0 spiro atoms. The van der Waals surface area contributed by atoms with Crippen molar-refractivity contribution in [1.82, 2.24) is 9.97 Å². The van der Waals surface area contributed by atoms with Gasteiger partial charge in [0.15, 0.2) is 0 Å². The lowest BCUT2D eigenvalue weighted by Crippen LogP contribution is -2.14. The van der Waals surface area contributed by atoms with E-state index in [4.69, 9.17) is 0 Å². The van der Waals surface area contributed by atoms with Crippen molar-refractivity contribution >= 4 is 16.7 Å². The SMILES string of the molecule is CC(C)(C)c1ccccc1NCc1c[nH]c2ncccc12. The lowest BCUT2D eigenvalue weighted by atomic mass is 9.86. The van der Waals surface area contributed by atoms with Crippen LogP contribution >= 0.6 is 0 Å². The van der Waals surface area contributed by atoms with Gasteiger partial charge in [0.05, 0.1) is 0 Å². The molecule has 0 atom stereocenters. The van der Waals surface area contributed by atoms with Gasteiger partial charge in [-0.2, -0.15) is 0 Å². The van der Waals surface area contributed by atoms with Gasteiger partial charge in [-0.3, -0.25) is 0 Å². The number of aromatic amines is 1. The van der Waals surface area contributed by atoms with Crippen LogP contribution in [0.15, 0.2) is 48.8 Å². The minimum Gasteiger partial charge on any atom is -0.381 e. The van der Waals surface area contributed by atoms with E-state index in [1.54, 1.807) is 0 Å². The molecule has 0 aliphatic carbocycles. The maximum Gasteiger partial charge on any atom is 0.137 e. The molecule has 3 heteroatoms. The fraction of sp³-hybridized carbons (Fsp3) is 0.278. The van der Waals surface area contributed by atoms with Crippen molar-refractivity contribution in [2.24, 2.45) is 0 Å². The molecule has 3 nitrogen and oxygen atoms in total. The molecule has 2 aromatic heterocycles. The molecule has 0 radical (unpaired) electrons. The van der Waals surface area contributed by atoms with E-state index >= 15 is 0 Å². The number of H-pyrrole nitrogens is 1. The molecule has 21 heavy (non-hydrogen) atoms. The van der Waals surface area contributed by atoms with E-state index in [2.05, 4.69) is 66.4 Å². The molecule has 0 fully saturated rings. The van der Waals surface area contributed by atoms with Gasteiger partial charge in [-0.05, 0) is 34.7 Å². The maximum atomic E-state index is 4.33. The fourth-order valence-corrected chi connectivity index (χ4v) is 2.64. The number of nitrogens with one attached hydrogen (secondary N) is 2. The highest BCUT2D eigenvalue weighted by atomic mass is 14.9. The molecule has 3 rings (SSSR count). The average molecular weight is 279 g/mol. The summed E-state index contributed by atoms with van der Waals surface area (Å²) in [4.78, 5) is 7.55. The van der Waals surface area contributed by atoms with Crippen LogP contribution in [0.5, 0.6) is 0 Å². The Kier molecular flexibility index (Phi) is 3.42. The van der Waals surface area contributed by atoms with Crippen LogP contribution in [-0.4, -0.2) is 9.97 Å². The second-order valence-electron chi connectivity index (χ2n) is 6.36. The standard InChI is InChI=1S/C18H21N3/c1-18(2,3)15-8-4-5-9-16(15)20-11-13-12-21-17-14(13)7-6-10-19-17/h4-10,12,20H,11H2,1-3H3,(H,19,21). The molecule has 0 bridgehead atoms. The minimum atomic E-state index is 0.130. The first-order valence-electron chi connectivity index (χ1n) is 7.30. The van der Waals surface area contributed by atoms with Gasteiger partial charge in [-0.25, -0.2) is 4.98 Å². The van der Waals surface area contributed by atoms with Crippen LogP contribution in [0, 0.1) is 0 Å². The molecule has 2 heterocycles. The Labute approximate surface area is 125 Å². The maximum absolute atomic E-state index is 4.33. The number of anilines is 1. The number of rotatable bonds is 3. The van der Waals surface area contributed by atoms with Crippen molar-refractivity contribution < 1.29 is 0 Å². The Morgan fingerprint density at radius 1 is 1.10 bits per heavy atom. The number of pyridine rings is 1. The van der Waals surface area contributed by atoms with E-state index in [9.17, 15) is 0 Å². The van der Waals surface area contributed by atoms with Crippen LogP contribution in [0.2, 0.25) is 0 Å². The van der Waals surface area contributed by atoms with Gasteiger partial charge in [0.1, 0.15) is 5.65 Å². The van der Waals surface area contributed by atoms with Crippen LogP contribution in [0.4, 0.5) is 5.69 Å². The predicted octanol–water partition coefficient (Wildman–Crippen LogP) is 4.47. The van der Waals surface area contributed by atoms with Crippen LogP contribution < -0.4 is 5.32 Å². The first-order chi connectivity index (χ1) is 10.1. The van der Waals surface area contributed by atoms with Gasteiger partial charge >= 0.3 is 0 Å². The predicted molar refractivity (Wildman–Crippen MR) is 88.6 cm³/mol. The minimum absolute atomic E-state index is 0.130. The summed E-state index contributed by atoms with van der Waals surface area (Å²) in [6, 6.07) is 12.6. The van der Waals surface area contributed by atoms with Crippen molar-refractivity contribution in [2.75, 3.05) is 5.32 Å². The fourth-order valence-electron chi connectivity index (χ4n) is 2.64. The summed E-state index contributed by atoms with van der Waals surface area (Å²) in [5.41, 5.74) is 4.84. The Morgan fingerprint density at radius 2 is 1.90 bits per heavy atom. The smallest absolute Gasteiger partial charge is 0.137 e. The van der Waals surface area contributed by atoms with E-state index in [1.165, 1.54) is 22.2 Å². The highest BCUT2D eigenvalue weighted by molar-refractivity contribution is 5.79. The van der Waals surface area contributed by atoms with E-state index < -0.39 is 0 Å². The van der Waals surface area contributed by atoms with E-state index in [0.717, 1.165) is 12.2 Å². The van der Waals surface area contributed by atoms with Crippen molar-refractivity contribution in [1.29, 1.82) is 0 Å². The number of hydrogen-bond acceptors (Lipinski definition) is 2. The molecule has 2 N–H and O–H groups in total. The molecule has 108 valence electrons. The molecule has 3 aromatic rings. The number of aromatic nitrogens is 2. The summed E-state index contributed by atoms with van der Waals surface area (Å²) in [5, 5.41) is 4.75. The summed E-state index contributed by atoms with van der Waals surface area (Å²) in [7, 11) is 0. The number of benzene rings is 1. The largest absolute Gasteiger partial charge is 0.381 e. The van der Waals surface area contributed by atoms with Crippen molar-refractivity contribution in [3.8, 4) is 0 Å². The van der Waals surface area contributed by atoms with Gasteiger partial charge in [-0.15, -0.1) is 0 Å². The Balaban J connectivity index is 1.86. The van der Waals surface area contributed by atoms with E-state index in [1.807, 2.05) is 18.5 Å². The van der Waals surface area contributed by atoms with E-state index in [0.29, 0.717) is 0 Å². The van der Waals surface area contributed by atoms with Crippen LogP contribution in [0.3, 0.4) is 0 Å². The van der Waals surface area contributed by atoms with Gasteiger partial charge in [0.25, 0.3) is 0 Å². The van der Waals surface area contributed by atoms with Crippen molar-refractivity contribution in [3.63, 3.8) is 0 Å². The first kappa shape index (κ1) is 13.7. The lowest BCUT2D eigenvalue weighted by Gasteiger charge is -2.23. The second-order valence-corrected chi connectivity index (χ2v) is 6.36. The van der Waals surface area contributed by atoms with Crippen LogP contribution in [-0.2, 0) is 12.0 Å². The average Bonchev–Trinajstić information content (AvgIpc) is 2.88. The topological polar surface area (TPSA) is 40.7 Å². The highest BCUT2D eigenvalue weighted by Gasteiger charge is 2.17. The summed E-state index contributed by atoms with van der Waals surface area (Å²) in [6.07, 6.45) is 3.84. The first-order valence-corrected chi connectivity index (χ1v) is 7.30. The van der Waals surface area contributed by atoms with E-state index in [-0.39, 0.29) is 5.41 Å². The zero-order valence-corrected chi connectivity index (χ0v) is 12.8. The quantitative estimate of drug-likeness (QED) is 0.742. The molecule has 0 unspecified atom stereocenters.